The molecule has 2 heterocycles. The molecule has 2 aromatic carbocycles. The van der Waals surface area contributed by atoms with Crippen molar-refractivity contribution >= 4 is 33.2 Å². The number of rotatable bonds is 2. The largest absolute Gasteiger partial charge is 0.490 e. The van der Waals surface area contributed by atoms with Crippen molar-refractivity contribution in [2.24, 2.45) is 17.3 Å². The number of sulfonamides is 1. The van der Waals surface area contributed by atoms with E-state index in [0.29, 0.717) is 38.4 Å². The number of anilines is 1. The number of carbonyl (C=O) groups is 1. The molecule has 2 aliphatic heterocycles. The van der Waals surface area contributed by atoms with Gasteiger partial charge in [0, 0.05) is 35.6 Å². The van der Waals surface area contributed by atoms with Gasteiger partial charge in [-0.15, -0.1) is 0 Å². The van der Waals surface area contributed by atoms with Crippen molar-refractivity contribution in [3.63, 3.8) is 0 Å². The van der Waals surface area contributed by atoms with Gasteiger partial charge in [-0.3, -0.25) is 4.79 Å². The van der Waals surface area contributed by atoms with Gasteiger partial charge in [0.15, 0.2) is 0 Å². The first kappa shape index (κ1) is 32.4. The Bertz CT molecular complexity index is 1610. The minimum atomic E-state index is -3.96. The molecule has 0 radical (unpaired) electrons. The number of hydrogen-bond donors (Lipinski definition) is 3. The van der Waals surface area contributed by atoms with Crippen molar-refractivity contribution in [2.75, 3.05) is 38.2 Å². The molecule has 1 spiro atoms. The normalized spacial score (nSPS) is 35.2. The summed E-state index contributed by atoms with van der Waals surface area (Å²) in [6.45, 7) is 7.93. The smallest absolute Gasteiger partial charge is 0.264 e. The average molecular weight is 656 g/mol. The minimum absolute atomic E-state index is 0.0226. The number of carbonyl (C=O) groups excluding carboxylic acids is 1. The van der Waals surface area contributed by atoms with E-state index in [1.54, 1.807) is 25.1 Å². The zero-order valence-corrected chi connectivity index (χ0v) is 28.3. The summed E-state index contributed by atoms with van der Waals surface area (Å²) in [5.74, 6) is -0.274. The Labute approximate surface area is 272 Å². The van der Waals surface area contributed by atoms with Gasteiger partial charge in [-0.2, -0.15) is 0 Å². The number of halogens is 1. The van der Waals surface area contributed by atoms with Crippen LogP contribution in [0.5, 0.6) is 5.75 Å². The SMILES string of the molecule is CNC[C@]1(O)/C=C/C[C@H](C)[C@@H](C)S(=O)(=O)NC(=O)c2ccc3c(c2)N(CC2(C)CC[C@H]21)C[C@@]1(CCCc2cc(Cl)ccc21)CO3. The van der Waals surface area contributed by atoms with Crippen LogP contribution in [0, 0.1) is 17.3 Å². The first-order chi connectivity index (χ1) is 21.3. The Kier molecular flexibility index (Phi) is 8.55. The summed E-state index contributed by atoms with van der Waals surface area (Å²) in [7, 11) is -2.11. The molecule has 2 bridgehead atoms. The fraction of sp³-hybridized carbons (Fsp3) is 0.571. The number of allylic oxidation sites excluding steroid dienone is 1. The van der Waals surface area contributed by atoms with Gasteiger partial charge < -0.3 is 20.1 Å². The molecular weight excluding hydrogens is 610 g/mol. The van der Waals surface area contributed by atoms with Gasteiger partial charge in [0.25, 0.3) is 5.91 Å². The molecule has 1 unspecified atom stereocenters. The number of likely N-dealkylation sites (N-methyl/N-ethyl adjacent to an activating group) is 1. The number of aryl methyl sites for hydroxylation is 1. The van der Waals surface area contributed by atoms with Gasteiger partial charge in [-0.25, -0.2) is 13.1 Å². The van der Waals surface area contributed by atoms with Crippen LogP contribution in [0.2, 0.25) is 5.02 Å². The molecule has 45 heavy (non-hydrogen) atoms. The van der Waals surface area contributed by atoms with Crippen molar-refractivity contribution in [1.29, 1.82) is 0 Å². The number of aliphatic hydroxyl groups is 1. The van der Waals surface area contributed by atoms with E-state index in [9.17, 15) is 18.3 Å². The van der Waals surface area contributed by atoms with E-state index in [1.807, 2.05) is 32.2 Å². The van der Waals surface area contributed by atoms with Gasteiger partial charge >= 0.3 is 0 Å². The molecule has 1 fully saturated rings. The summed E-state index contributed by atoms with van der Waals surface area (Å²) in [5.41, 5.74) is 1.90. The van der Waals surface area contributed by atoms with E-state index in [1.165, 1.54) is 11.1 Å². The molecule has 8 nitrogen and oxygen atoms in total. The maximum absolute atomic E-state index is 13.5. The molecule has 1 saturated carbocycles. The first-order valence-electron chi connectivity index (χ1n) is 16.2. The number of benzene rings is 2. The van der Waals surface area contributed by atoms with Crippen LogP contribution in [-0.4, -0.2) is 63.6 Å². The molecule has 0 aromatic heterocycles. The Balaban J connectivity index is 1.48. The fourth-order valence-corrected chi connectivity index (χ4v) is 9.82. The third kappa shape index (κ3) is 5.90. The first-order valence-corrected chi connectivity index (χ1v) is 18.1. The maximum Gasteiger partial charge on any atom is 0.264 e. The summed E-state index contributed by atoms with van der Waals surface area (Å²) < 4.78 is 35.6. The van der Waals surface area contributed by atoms with Crippen LogP contribution in [0.15, 0.2) is 48.6 Å². The maximum atomic E-state index is 13.5. The van der Waals surface area contributed by atoms with Crippen molar-refractivity contribution in [3.8, 4) is 5.75 Å². The monoisotopic (exact) mass is 655 g/mol. The minimum Gasteiger partial charge on any atom is -0.490 e. The topological polar surface area (TPSA) is 108 Å². The van der Waals surface area contributed by atoms with E-state index in [-0.39, 0.29) is 28.2 Å². The second-order valence-corrected chi connectivity index (χ2v) is 16.8. The second-order valence-electron chi connectivity index (χ2n) is 14.3. The molecule has 1 amide bonds. The van der Waals surface area contributed by atoms with Crippen molar-refractivity contribution in [3.05, 3.63) is 70.3 Å². The lowest BCUT2D eigenvalue weighted by molar-refractivity contribution is -0.0913. The molecule has 0 saturated heterocycles. The van der Waals surface area contributed by atoms with Gasteiger partial charge in [0.2, 0.25) is 10.0 Å². The Morgan fingerprint density at radius 1 is 1.16 bits per heavy atom. The lowest BCUT2D eigenvalue weighted by Crippen LogP contribution is -2.60. The summed E-state index contributed by atoms with van der Waals surface area (Å²) in [6.07, 6.45) is 9.01. The number of ether oxygens (including phenoxy) is 1. The second kappa shape index (κ2) is 11.9. The Morgan fingerprint density at radius 3 is 2.69 bits per heavy atom. The molecule has 6 rings (SSSR count). The number of nitrogens with one attached hydrogen (secondary N) is 2. The molecule has 2 aliphatic carbocycles. The van der Waals surface area contributed by atoms with Crippen LogP contribution in [-0.2, 0) is 21.9 Å². The van der Waals surface area contributed by atoms with Crippen LogP contribution < -0.4 is 19.7 Å². The lowest BCUT2D eigenvalue weighted by atomic mass is 9.54. The molecule has 4 aliphatic rings. The highest BCUT2D eigenvalue weighted by molar-refractivity contribution is 7.90. The van der Waals surface area contributed by atoms with E-state index in [0.717, 1.165) is 42.8 Å². The van der Waals surface area contributed by atoms with Gasteiger partial charge in [0.1, 0.15) is 5.75 Å². The third-order valence-corrected chi connectivity index (χ3v) is 13.3. The number of hydrogen-bond acceptors (Lipinski definition) is 7. The third-order valence-electron chi connectivity index (χ3n) is 11.2. The quantitative estimate of drug-likeness (QED) is 0.381. The highest BCUT2D eigenvalue weighted by Crippen LogP contribution is 2.54. The average Bonchev–Trinajstić information content (AvgIpc) is 3.12. The van der Waals surface area contributed by atoms with Gasteiger partial charge in [-0.05, 0) is 111 Å². The summed E-state index contributed by atoms with van der Waals surface area (Å²) in [5, 5.41) is 15.3. The zero-order chi connectivity index (χ0) is 32.2. The molecule has 6 atom stereocenters. The summed E-state index contributed by atoms with van der Waals surface area (Å²) >= 11 is 6.43. The molecular formula is C35H46ClN3O5S. The van der Waals surface area contributed by atoms with Crippen LogP contribution in [0.25, 0.3) is 0 Å². The Morgan fingerprint density at radius 2 is 1.96 bits per heavy atom. The summed E-state index contributed by atoms with van der Waals surface area (Å²) in [6, 6.07) is 11.4. The number of amides is 1. The fourth-order valence-electron chi connectivity index (χ4n) is 8.34. The van der Waals surface area contributed by atoms with Crippen molar-refractivity contribution in [1.82, 2.24) is 10.0 Å². The number of fused-ring (bicyclic) bond motifs is 4. The van der Waals surface area contributed by atoms with E-state index in [4.69, 9.17) is 16.3 Å². The molecule has 10 heteroatoms. The van der Waals surface area contributed by atoms with Crippen molar-refractivity contribution < 1.29 is 23.1 Å². The molecule has 244 valence electrons. The molecule has 3 N–H and O–H groups in total. The highest BCUT2D eigenvalue weighted by atomic mass is 35.5. The summed E-state index contributed by atoms with van der Waals surface area (Å²) in [4.78, 5) is 15.8. The zero-order valence-electron chi connectivity index (χ0n) is 26.7. The van der Waals surface area contributed by atoms with Crippen LogP contribution in [0.1, 0.15) is 74.4 Å². The van der Waals surface area contributed by atoms with Crippen LogP contribution in [0.3, 0.4) is 0 Å². The van der Waals surface area contributed by atoms with Crippen LogP contribution >= 0.6 is 11.6 Å². The van der Waals surface area contributed by atoms with Gasteiger partial charge in [-0.1, -0.05) is 43.7 Å². The van der Waals surface area contributed by atoms with Gasteiger partial charge in [0.05, 0.1) is 23.1 Å². The predicted molar refractivity (Wildman–Crippen MR) is 179 cm³/mol. The molecule has 2 aromatic rings. The van der Waals surface area contributed by atoms with E-state index in [2.05, 4.69) is 34.0 Å². The lowest BCUT2D eigenvalue weighted by Gasteiger charge is -2.56. The Hall–Kier alpha value is -2.59. The van der Waals surface area contributed by atoms with Crippen molar-refractivity contribution in [2.45, 2.75) is 75.6 Å². The van der Waals surface area contributed by atoms with Crippen LogP contribution in [0.4, 0.5) is 5.69 Å². The highest BCUT2D eigenvalue weighted by Gasteiger charge is 2.54. The predicted octanol–water partition coefficient (Wildman–Crippen LogP) is 5.22. The standard InChI is InChI=1S/C35H46ClN3O5S/c1-23-7-5-15-35(41,19-37-4)31-13-16-33(31,3)20-39-21-34(14-6-8-25-17-27(36)10-11-28(25)34)22-44-30-12-9-26(18-29(30)39)32(40)38-45(42,43)24(23)2/h5,9-12,15,17-18,23-24,31,37,41H,6-8,13-14,16,19-22H2,1-4H3,(H,38,40)/b15-5+/t23-,24+,31+,33?,34-,35+/m0/s1. The van der Waals surface area contributed by atoms with E-state index < -0.39 is 26.8 Å². The van der Waals surface area contributed by atoms with E-state index >= 15 is 0 Å². The number of nitrogens with zero attached hydrogens (tertiary/aromatic N) is 1.